The molecule has 0 saturated carbocycles. The number of ether oxygens (including phenoxy) is 1. The van der Waals surface area contributed by atoms with Gasteiger partial charge in [0.05, 0.1) is 19.8 Å². The molecule has 0 aromatic carbocycles. The van der Waals surface area contributed by atoms with Crippen molar-refractivity contribution < 1.29 is 9.53 Å². The Balaban J connectivity index is 0.000000770. The first-order chi connectivity index (χ1) is 8.24. The number of carbonyl (C=O) groups is 1. The maximum absolute atomic E-state index is 10.9. The number of morpholine rings is 1. The fraction of sp³-hybridized carbons (Fsp3) is 0.917. The summed E-state index contributed by atoms with van der Waals surface area (Å²) in [6, 6.07) is 0. The van der Waals surface area contributed by atoms with Gasteiger partial charge in [0.25, 0.3) is 0 Å². The van der Waals surface area contributed by atoms with Crippen LogP contribution in [0.1, 0.15) is 20.3 Å². The van der Waals surface area contributed by atoms with Crippen molar-refractivity contribution in [3.05, 3.63) is 0 Å². The number of hydrogen-bond donors (Lipinski definition) is 2. The van der Waals surface area contributed by atoms with Crippen LogP contribution in [0.25, 0.3) is 0 Å². The summed E-state index contributed by atoms with van der Waals surface area (Å²) in [6.07, 6.45) is 1.25. The molecule has 1 heterocycles. The molecular weight excluding hydrogens is 218 g/mol. The van der Waals surface area contributed by atoms with Crippen LogP contribution in [0.2, 0.25) is 0 Å². The zero-order valence-electron chi connectivity index (χ0n) is 11.4. The highest BCUT2D eigenvalue weighted by molar-refractivity contribution is 5.77. The number of nitrogens with one attached hydrogen (secondary N) is 2. The van der Waals surface area contributed by atoms with E-state index >= 15 is 0 Å². The monoisotopic (exact) mass is 245 g/mol. The Morgan fingerprint density at radius 3 is 2.41 bits per heavy atom. The predicted octanol–water partition coefficient (Wildman–Crippen LogP) is 0.0705. The van der Waals surface area contributed by atoms with Crippen molar-refractivity contribution in [1.29, 1.82) is 0 Å². The van der Waals surface area contributed by atoms with E-state index in [1.807, 2.05) is 0 Å². The van der Waals surface area contributed by atoms with Crippen molar-refractivity contribution in [2.75, 3.05) is 53.0 Å². The van der Waals surface area contributed by atoms with Crippen molar-refractivity contribution in [1.82, 2.24) is 15.5 Å². The number of carbonyl (C=O) groups excluding carboxylic acids is 1. The van der Waals surface area contributed by atoms with Gasteiger partial charge in [-0.2, -0.15) is 0 Å². The summed E-state index contributed by atoms with van der Waals surface area (Å²) in [5, 5.41) is 5.66. The van der Waals surface area contributed by atoms with Gasteiger partial charge in [0, 0.05) is 33.2 Å². The van der Waals surface area contributed by atoms with Crippen LogP contribution in [0, 0.1) is 0 Å². The molecule has 1 fully saturated rings. The average molecular weight is 245 g/mol. The standard InChI is InChI=1S/C9H19N3O2.C3H8/c1-10-9(13)8-11-2-3-12-4-6-14-7-5-12;1-3-2/h11H,2-8H2,1H3,(H,10,13);3H2,1-2H3. The molecule has 1 aliphatic rings. The van der Waals surface area contributed by atoms with Gasteiger partial charge in [-0.3, -0.25) is 9.69 Å². The molecule has 0 aromatic rings. The first kappa shape index (κ1) is 16.4. The number of rotatable bonds is 5. The van der Waals surface area contributed by atoms with Crippen LogP contribution in [0.4, 0.5) is 0 Å². The van der Waals surface area contributed by atoms with Crippen molar-refractivity contribution in [3.8, 4) is 0 Å². The summed E-state index contributed by atoms with van der Waals surface area (Å²) in [4.78, 5) is 13.2. The van der Waals surface area contributed by atoms with Gasteiger partial charge in [-0.1, -0.05) is 20.3 Å². The topological polar surface area (TPSA) is 53.6 Å². The molecule has 1 amide bonds. The Hall–Kier alpha value is -0.650. The smallest absolute Gasteiger partial charge is 0.233 e. The van der Waals surface area contributed by atoms with Gasteiger partial charge in [-0.05, 0) is 0 Å². The van der Waals surface area contributed by atoms with E-state index in [0.717, 1.165) is 39.4 Å². The van der Waals surface area contributed by atoms with Crippen molar-refractivity contribution in [2.24, 2.45) is 0 Å². The highest BCUT2D eigenvalue weighted by atomic mass is 16.5. The lowest BCUT2D eigenvalue weighted by atomic mass is 10.4. The van der Waals surface area contributed by atoms with E-state index in [2.05, 4.69) is 29.4 Å². The van der Waals surface area contributed by atoms with E-state index in [1.54, 1.807) is 7.05 Å². The lowest BCUT2D eigenvalue weighted by molar-refractivity contribution is -0.119. The van der Waals surface area contributed by atoms with E-state index in [4.69, 9.17) is 4.74 Å². The third-order valence-corrected chi connectivity index (χ3v) is 2.27. The molecule has 0 spiro atoms. The Kier molecular flexibility index (Phi) is 11.4. The molecular formula is C12H27N3O2. The zero-order chi connectivity index (χ0) is 12.9. The second-order valence-electron chi connectivity index (χ2n) is 4.01. The summed E-state index contributed by atoms with van der Waals surface area (Å²) >= 11 is 0. The highest BCUT2D eigenvalue weighted by Crippen LogP contribution is 1.94. The van der Waals surface area contributed by atoms with Crippen LogP contribution in [0.3, 0.4) is 0 Å². The molecule has 0 aromatic heterocycles. The third-order valence-electron chi connectivity index (χ3n) is 2.27. The Labute approximate surface area is 105 Å². The van der Waals surface area contributed by atoms with Gasteiger partial charge in [-0.15, -0.1) is 0 Å². The van der Waals surface area contributed by atoms with Crippen LogP contribution >= 0.6 is 0 Å². The molecule has 5 nitrogen and oxygen atoms in total. The molecule has 5 heteroatoms. The van der Waals surface area contributed by atoms with Crippen LogP contribution in [0.15, 0.2) is 0 Å². The van der Waals surface area contributed by atoms with Gasteiger partial charge < -0.3 is 15.4 Å². The number of likely N-dealkylation sites (N-methyl/N-ethyl adjacent to an activating group) is 1. The van der Waals surface area contributed by atoms with Crippen molar-refractivity contribution in [3.63, 3.8) is 0 Å². The van der Waals surface area contributed by atoms with Gasteiger partial charge in [-0.25, -0.2) is 0 Å². The second kappa shape index (κ2) is 11.8. The van der Waals surface area contributed by atoms with E-state index in [9.17, 15) is 4.79 Å². The molecule has 0 aliphatic carbocycles. The fourth-order valence-electron chi connectivity index (χ4n) is 1.35. The average Bonchev–Trinajstić information content (AvgIpc) is 2.36. The van der Waals surface area contributed by atoms with Crippen LogP contribution < -0.4 is 10.6 Å². The maximum Gasteiger partial charge on any atom is 0.233 e. The van der Waals surface area contributed by atoms with Gasteiger partial charge in [0.1, 0.15) is 0 Å². The molecule has 0 radical (unpaired) electrons. The van der Waals surface area contributed by atoms with Gasteiger partial charge in [0.2, 0.25) is 5.91 Å². The minimum absolute atomic E-state index is 0.0342. The number of hydrogen-bond acceptors (Lipinski definition) is 4. The quantitative estimate of drug-likeness (QED) is 0.673. The molecule has 1 saturated heterocycles. The molecule has 2 N–H and O–H groups in total. The highest BCUT2D eigenvalue weighted by Gasteiger charge is 2.08. The maximum atomic E-state index is 10.9. The van der Waals surface area contributed by atoms with E-state index in [0.29, 0.717) is 6.54 Å². The zero-order valence-corrected chi connectivity index (χ0v) is 11.4. The van der Waals surface area contributed by atoms with Crippen molar-refractivity contribution in [2.45, 2.75) is 20.3 Å². The second-order valence-corrected chi connectivity index (χ2v) is 4.01. The van der Waals surface area contributed by atoms with Crippen LogP contribution in [-0.4, -0.2) is 63.8 Å². The Bertz CT molecular complexity index is 183. The molecule has 1 rings (SSSR count). The molecule has 0 atom stereocenters. The minimum atomic E-state index is 0.0342. The summed E-state index contributed by atoms with van der Waals surface area (Å²) < 4.78 is 5.24. The Morgan fingerprint density at radius 2 is 1.88 bits per heavy atom. The first-order valence-corrected chi connectivity index (χ1v) is 6.46. The fourth-order valence-corrected chi connectivity index (χ4v) is 1.35. The van der Waals surface area contributed by atoms with Gasteiger partial charge in [0.15, 0.2) is 0 Å². The third kappa shape index (κ3) is 10.2. The van der Waals surface area contributed by atoms with E-state index in [-0.39, 0.29) is 5.91 Å². The summed E-state index contributed by atoms with van der Waals surface area (Å²) in [5.74, 6) is 0.0342. The summed E-state index contributed by atoms with van der Waals surface area (Å²) in [7, 11) is 1.64. The summed E-state index contributed by atoms with van der Waals surface area (Å²) in [5.41, 5.74) is 0. The minimum Gasteiger partial charge on any atom is -0.379 e. The lowest BCUT2D eigenvalue weighted by Crippen LogP contribution is -2.41. The van der Waals surface area contributed by atoms with Crippen LogP contribution in [0.5, 0.6) is 0 Å². The largest absolute Gasteiger partial charge is 0.379 e. The normalized spacial score (nSPS) is 15.9. The number of nitrogens with zero attached hydrogens (tertiary/aromatic N) is 1. The van der Waals surface area contributed by atoms with Crippen LogP contribution in [-0.2, 0) is 9.53 Å². The first-order valence-electron chi connectivity index (χ1n) is 6.46. The number of amides is 1. The predicted molar refractivity (Wildman–Crippen MR) is 70.2 cm³/mol. The molecule has 17 heavy (non-hydrogen) atoms. The van der Waals surface area contributed by atoms with Gasteiger partial charge >= 0.3 is 0 Å². The van der Waals surface area contributed by atoms with E-state index < -0.39 is 0 Å². The van der Waals surface area contributed by atoms with E-state index in [1.165, 1.54) is 6.42 Å². The lowest BCUT2D eigenvalue weighted by Gasteiger charge is -2.26. The molecule has 1 aliphatic heterocycles. The Morgan fingerprint density at radius 1 is 1.29 bits per heavy atom. The summed E-state index contributed by atoms with van der Waals surface area (Å²) in [6.45, 7) is 10.2. The molecule has 0 bridgehead atoms. The molecule has 102 valence electrons. The molecule has 0 unspecified atom stereocenters. The SMILES string of the molecule is CCC.CNC(=O)CNCCN1CCOCC1. The van der Waals surface area contributed by atoms with Crippen molar-refractivity contribution >= 4 is 5.91 Å².